The molecule has 3 rings (SSSR count). The summed E-state index contributed by atoms with van der Waals surface area (Å²) in [5.74, 6) is -0.972. The standard InChI is InChI=1S/C17H14ClFN2O3/c1-2-21-13-8-10(6-7-14(13)24-9-15(21)22)20-17(23)16-11(18)4-3-5-12(16)19/h3-8H,2,9H2,1H3,(H,20,23). The van der Waals surface area contributed by atoms with E-state index in [0.29, 0.717) is 23.7 Å². The Morgan fingerprint density at radius 3 is 2.88 bits per heavy atom. The fourth-order valence-electron chi connectivity index (χ4n) is 2.53. The highest BCUT2D eigenvalue weighted by molar-refractivity contribution is 6.34. The molecule has 1 N–H and O–H groups in total. The first-order valence-electron chi connectivity index (χ1n) is 7.34. The molecule has 24 heavy (non-hydrogen) atoms. The summed E-state index contributed by atoms with van der Waals surface area (Å²) in [7, 11) is 0. The van der Waals surface area contributed by atoms with Crippen LogP contribution in [0.2, 0.25) is 5.02 Å². The Hall–Kier alpha value is -2.60. The minimum atomic E-state index is -0.702. The lowest BCUT2D eigenvalue weighted by atomic mass is 10.1. The minimum absolute atomic E-state index is 0.0165. The molecule has 2 aromatic rings. The fraction of sp³-hybridized carbons (Fsp3) is 0.176. The molecular weight excluding hydrogens is 335 g/mol. The summed E-state index contributed by atoms with van der Waals surface area (Å²) in [4.78, 5) is 25.7. The molecule has 2 aromatic carbocycles. The Morgan fingerprint density at radius 1 is 1.38 bits per heavy atom. The average Bonchev–Trinajstić information content (AvgIpc) is 2.54. The van der Waals surface area contributed by atoms with E-state index in [9.17, 15) is 14.0 Å². The van der Waals surface area contributed by atoms with Gasteiger partial charge in [-0.1, -0.05) is 17.7 Å². The maximum absolute atomic E-state index is 13.8. The van der Waals surface area contributed by atoms with Crippen LogP contribution in [0.4, 0.5) is 15.8 Å². The molecule has 0 aliphatic carbocycles. The molecule has 5 nitrogen and oxygen atoms in total. The number of amides is 2. The first-order valence-corrected chi connectivity index (χ1v) is 7.71. The Labute approximate surface area is 143 Å². The van der Waals surface area contributed by atoms with Crippen LogP contribution < -0.4 is 15.0 Å². The largest absolute Gasteiger partial charge is 0.482 e. The van der Waals surface area contributed by atoms with Crippen molar-refractivity contribution in [3.05, 3.63) is 52.8 Å². The van der Waals surface area contributed by atoms with Crippen LogP contribution in [0.1, 0.15) is 17.3 Å². The maximum Gasteiger partial charge on any atom is 0.265 e. The third-order valence-corrected chi connectivity index (χ3v) is 3.98. The maximum atomic E-state index is 13.8. The summed E-state index contributed by atoms with van der Waals surface area (Å²) in [5, 5.41) is 2.62. The smallest absolute Gasteiger partial charge is 0.265 e. The lowest BCUT2D eigenvalue weighted by Gasteiger charge is -2.28. The van der Waals surface area contributed by atoms with Crippen LogP contribution in [0.15, 0.2) is 36.4 Å². The monoisotopic (exact) mass is 348 g/mol. The lowest BCUT2D eigenvalue weighted by Crippen LogP contribution is -2.38. The van der Waals surface area contributed by atoms with E-state index >= 15 is 0 Å². The van der Waals surface area contributed by atoms with Crippen LogP contribution in [-0.4, -0.2) is 25.0 Å². The van der Waals surface area contributed by atoms with Gasteiger partial charge in [0.1, 0.15) is 11.6 Å². The summed E-state index contributed by atoms with van der Waals surface area (Å²) in [5.41, 5.74) is 0.748. The normalized spacial score (nSPS) is 13.3. The number of nitrogens with zero attached hydrogens (tertiary/aromatic N) is 1. The van der Waals surface area contributed by atoms with Gasteiger partial charge in [-0.05, 0) is 37.3 Å². The molecule has 0 saturated carbocycles. The fourth-order valence-corrected chi connectivity index (χ4v) is 2.78. The summed E-state index contributed by atoms with van der Waals surface area (Å²) in [6, 6.07) is 8.92. The van der Waals surface area contributed by atoms with Gasteiger partial charge in [0, 0.05) is 12.2 Å². The topological polar surface area (TPSA) is 58.6 Å². The van der Waals surface area contributed by atoms with Crippen molar-refractivity contribution in [1.82, 2.24) is 0 Å². The van der Waals surface area contributed by atoms with E-state index in [1.807, 2.05) is 6.92 Å². The molecule has 0 spiro atoms. The number of likely N-dealkylation sites (N-methyl/N-ethyl adjacent to an activating group) is 1. The SMILES string of the molecule is CCN1C(=O)COc2ccc(NC(=O)c3c(F)cccc3Cl)cc21. The Bertz CT molecular complexity index is 805. The second-order valence-corrected chi connectivity index (χ2v) is 5.57. The number of hydrogen-bond acceptors (Lipinski definition) is 3. The first kappa shape index (κ1) is 16.3. The van der Waals surface area contributed by atoms with Crippen molar-refractivity contribution in [1.29, 1.82) is 0 Å². The molecule has 0 bridgehead atoms. The van der Waals surface area contributed by atoms with Crippen LogP contribution in [0.25, 0.3) is 0 Å². The van der Waals surface area contributed by atoms with Crippen molar-refractivity contribution in [3.8, 4) is 5.75 Å². The van der Waals surface area contributed by atoms with Gasteiger partial charge in [0.25, 0.3) is 11.8 Å². The van der Waals surface area contributed by atoms with Crippen molar-refractivity contribution in [2.24, 2.45) is 0 Å². The molecule has 0 aromatic heterocycles. The number of rotatable bonds is 3. The zero-order chi connectivity index (χ0) is 17.3. The van der Waals surface area contributed by atoms with Gasteiger partial charge in [-0.25, -0.2) is 4.39 Å². The van der Waals surface area contributed by atoms with Gasteiger partial charge in [-0.3, -0.25) is 9.59 Å². The highest BCUT2D eigenvalue weighted by atomic mass is 35.5. The number of carbonyl (C=O) groups excluding carboxylic acids is 2. The van der Waals surface area contributed by atoms with Crippen molar-refractivity contribution >= 4 is 34.8 Å². The molecule has 2 amide bonds. The van der Waals surface area contributed by atoms with Gasteiger partial charge >= 0.3 is 0 Å². The number of anilines is 2. The second-order valence-electron chi connectivity index (χ2n) is 5.16. The van der Waals surface area contributed by atoms with Crippen LogP contribution in [0.5, 0.6) is 5.75 Å². The average molecular weight is 349 g/mol. The van der Waals surface area contributed by atoms with E-state index in [1.54, 1.807) is 23.1 Å². The number of ether oxygens (including phenoxy) is 1. The minimum Gasteiger partial charge on any atom is -0.482 e. The highest BCUT2D eigenvalue weighted by Crippen LogP contribution is 2.34. The molecule has 0 radical (unpaired) electrons. The number of fused-ring (bicyclic) bond motifs is 1. The molecule has 0 saturated heterocycles. The van der Waals surface area contributed by atoms with Gasteiger partial charge in [-0.15, -0.1) is 0 Å². The van der Waals surface area contributed by atoms with E-state index in [1.165, 1.54) is 18.2 Å². The summed E-state index contributed by atoms with van der Waals surface area (Å²) >= 11 is 5.90. The van der Waals surface area contributed by atoms with Crippen LogP contribution in [0.3, 0.4) is 0 Å². The van der Waals surface area contributed by atoms with E-state index in [2.05, 4.69) is 5.32 Å². The Balaban J connectivity index is 1.90. The van der Waals surface area contributed by atoms with Gasteiger partial charge < -0.3 is 15.0 Å². The van der Waals surface area contributed by atoms with Gasteiger partial charge in [0.15, 0.2) is 6.61 Å². The molecule has 1 heterocycles. The Morgan fingerprint density at radius 2 is 2.17 bits per heavy atom. The first-order chi connectivity index (χ1) is 11.5. The van der Waals surface area contributed by atoms with Crippen molar-refractivity contribution < 1.29 is 18.7 Å². The van der Waals surface area contributed by atoms with Gasteiger partial charge in [0.2, 0.25) is 0 Å². The number of hydrogen-bond donors (Lipinski definition) is 1. The molecule has 0 unspecified atom stereocenters. The van der Waals surface area contributed by atoms with Crippen LogP contribution in [0, 0.1) is 5.82 Å². The number of nitrogens with one attached hydrogen (secondary N) is 1. The molecule has 1 aliphatic heterocycles. The van der Waals surface area contributed by atoms with Gasteiger partial charge in [-0.2, -0.15) is 0 Å². The van der Waals surface area contributed by atoms with E-state index in [0.717, 1.165) is 0 Å². The van der Waals surface area contributed by atoms with Gasteiger partial charge in [0.05, 0.1) is 16.3 Å². The Kier molecular flexibility index (Phi) is 4.40. The van der Waals surface area contributed by atoms with Crippen LogP contribution >= 0.6 is 11.6 Å². The van der Waals surface area contributed by atoms with Crippen molar-refractivity contribution in [2.75, 3.05) is 23.4 Å². The molecule has 0 atom stereocenters. The number of halogens is 2. The zero-order valence-electron chi connectivity index (χ0n) is 12.8. The molecule has 1 aliphatic rings. The zero-order valence-corrected chi connectivity index (χ0v) is 13.6. The molecule has 7 heteroatoms. The number of benzene rings is 2. The summed E-state index contributed by atoms with van der Waals surface area (Å²) < 4.78 is 19.2. The molecule has 0 fully saturated rings. The third-order valence-electron chi connectivity index (χ3n) is 3.67. The second kappa shape index (κ2) is 6.49. The number of carbonyl (C=O) groups is 2. The quantitative estimate of drug-likeness (QED) is 0.923. The predicted molar refractivity (Wildman–Crippen MR) is 89.3 cm³/mol. The highest BCUT2D eigenvalue weighted by Gasteiger charge is 2.25. The van der Waals surface area contributed by atoms with E-state index in [4.69, 9.17) is 16.3 Å². The van der Waals surface area contributed by atoms with E-state index < -0.39 is 11.7 Å². The van der Waals surface area contributed by atoms with E-state index in [-0.39, 0.29) is 23.1 Å². The summed E-state index contributed by atoms with van der Waals surface area (Å²) in [6.07, 6.45) is 0. The third kappa shape index (κ3) is 2.92. The molecule has 124 valence electrons. The van der Waals surface area contributed by atoms with Crippen LogP contribution in [-0.2, 0) is 4.79 Å². The molecular formula is C17H14ClFN2O3. The predicted octanol–water partition coefficient (Wildman–Crippen LogP) is 3.48. The van der Waals surface area contributed by atoms with Crippen molar-refractivity contribution in [2.45, 2.75) is 6.92 Å². The summed E-state index contributed by atoms with van der Waals surface area (Å²) in [6.45, 7) is 2.31. The van der Waals surface area contributed by atoms with Crippen molar-refractivity contribution in [3.63, 3.8) is 0 Å². The lowest BCUT2D eigenvalue weighted by molar-refractivity contribution is -0.121.